The second-order valence-corrected chi connectivity index (χ2v) is 9.45. The van der Waals surface area contributed by atoms with Crippen LogP contribution >= 0.6 is 0 Å². The largest absolute Gasteiger partial charge is 0.489 e. The summed E-state index contributed by atoms with van der Waals surface area (Å²) < 4.78 is 79.0. The number of hydrogen-bond donors (Lipinski definition) is 3. The zero-order valence-electron chi connectivity index (χ0n) is 22.7. The molecule has 4 aromatic rings. The molecule has 1 heterocycles. The smallest absolute Gasteiger partial charge is 0.323 e. The molecule has 0 spiro atoms. The highest BCUT2D eigenvalue weighted by molar-refractivity contribution is 5.54. The molecule has 4 rings (SSSR count). The van der Waals surface area contributed by atoms with E-state index in [1.165, 1.54) is 18.2 Å². The molecule has 0 aliphatic heterocycles. The van der Waals surface area contributed by atoms with Crippen molar-refractivity contribution in [3.05, 3.63) is 130 Å². The van der Waals surface area contributed by atoms with E-state index in [2.05, 4.69) is 21.9 Å². The standard InChI is InChI=1S/C31H23F5N6O2/c32-24-6-9-27(28(34)14-24)30(43,18-42(39)19-41-38)31(35,36)29-10-5-21(16-40-29)2-1-20-3-7-26(8-4-20)44-17-23-11-22(15-37)12-25(33)13-23/h3-14,16,19,43H,17-18,38-39H2/b41-19-. The van der Waals surface area contributed by atoms with Gasteiger partial charge in [-0.3, -0.25) is 9.99 Å². The van der Waals surface area contributed by atoms with E-state index in [-0.39, 0.29) is 17.7 Å². The highest BCUT2D eigenvalue weighted by Gasteiger charge is 2.58. The fourth-order valence-electron chi connectivity index (χ4n) is 4.18. The second-order valence-electron chi connectivity index (χ2n) is 9.45. The maximum absolute atomic E-state index is 15.8. The van der Waals surface area contributed by atoms with Gasteiger partial charge >= 0.3 is 5.92 Å². The fraction of sp³-hybridized carbons (Fsp3) is 0.129. The molecule has 44 heavy (non-hydrogen) atoms. The average Bonchev–Trinajstić information content (AvgIpc) is 2.99. The first-order valence-electron chi connectivity index (χ1n) is 12.7. The highest BCUT2D eigenvalue weighted by Crippen LogP contribution is 2.46. The number of aromatic nitrogens is 1. The molecule has 0 amide bonds. The van der Waals surface area contributed by atoms with E-state index in [1.54, 1.807) is 24.3 Å². The SMILES string of the molecule is N#Cc1cc(F)cc(COc2ccc(C#Cc3ccc(C(F)(F)C(O)(CN(N)/C=N\N)c4ccc(F)cc4F)nc3)cc2)c1. The van der Waals surface area contributed by atoms with Crippen molar-refractivity contribution in [1.82, 2.24) is 9.99 Å². The summed E-state index contributed by atoms with van der Waals surface area (Å²) in [5.41, 5.74) is -3.72. The van der Waals surface area contributed by atoms with Crippen molar-refractivity contribution in [3.8, 4) is 23.7 Å². The molecule has 0 aliphatic carbocycles. The summed E-state index contributed by atoms with van der Waals surface area (Å²) in [6.45, 7) is -1.05. The van der Waals surface area contributed by atoms with Crippen molar-refractivity contribution in [2.24, 2.45) is 16.8 Å². The molecule has 0 saturated carbocycles. The molecular formula is C31H23F5N6O2. The van der Waals surface area contributed by atoms with Crippen molar-refractivity contribution in [1.29, 1.82) is 5.26 Å². The molecule has 224 valence electrons. The molecule has 3 aromatic carbocycles. The zero-order chi connectivity index (χ0) is 31.9. The molecule has 0 fully saturated rings. The van der Waals surface area contributed by atoms with Gasteiger partial charge in [-0.15, -0.1) is 0 Å². The van der Waals surface area contributed by atoms with Crippen LogP contribution in [-0.4, -0.2) is 28.0 Å². The third-order valence-corrected chi connectivity index (χ3v) is 6.31. The highest BCUT2D eigenvalue weighted by atomic mass is 19.3. The normalized spacial score (nSPS) is 12.6. The number of nitrogens with two attached hydrogens (primary N) is 2. The van der Waals surface area contributed by atoms with Crippen LogP contribution in [-0.2, 0) is 18.1 Å². The van der Waals surface area contributed by atoms with Crippen LogP contribution in [0.1, 0.15) is 33.5 Å². The lowest BCUT2D eigenvalue weighted by atomic mass is 9.84. The number of hydrazone groups is 1. The van der Waals surface area contributed by atoms with Gasteiger partial charge < -0.3 is 15.7 Å². The Morgan fingerprint density at radius 3 is 2.27 bits per heavy atom. The summed E-state index contributed by atoms with van der Waals surface area (Å²) in [4.78, 5) is 3.75. The third-order valence-electron chi connectivity index (χ3n) is 6.31. The Bertz CT molecular complexity index is 1770. The first-order chi connectivity index (χ1) is 20.9. The summed E-state index contributed by atoms with van der Waals surface area (Å²) >= 11 is 0. The van der Waals surface area contributed by atoms with Crippen LogP contribution in [0.3, 0.4) is 0 Å². The Morgan fingerprint density at radius 1 is 0.932 bits per heavy atom. The van der Waals surface area contributed by atoms with E-state index in [4.69, 9.17) is 21.7 Å². The molecular weight excluding hydrogens is 583 g/mol. The molecule has 1 atom stereocenters. The number of nitrogens with zero attached hydrogens (tertiary/aromatic N) is 4. The van der Waals surface area contributed by atoms with Gasteiger partial charge in [0, 0.05) is 29.0 Å². The fourth-order valence-corrected chi connectivity index (χ4v) is 4.18. The van der Waals surface area contributed by atoms with Crippen molar-refractivity contribution in [2.75, 3.05) is 6.54 Å². The number of hydrogen-bond acceptors (Lipinski definition) is 7. The molecule has 1 aromatic heterocycles. The molecule has 5 N–H and O–H groups in total. The number of alkyl halides is 2. The van der Waals surface area contributed by atoms with E-state index in [0.717, 1.165) is 30.7 Å². The van der Waals surface area contributed by atoms with E-state index in [9.17, 15) is 18.3 Å². The Balaban J connectivity index is 1.51. The predicted molar refractivity (Wildman–Crippen MR) is 150 cm³/mol. The molecule has 0 bridgehead atoms. The Morgan fingerprint density at radius 2 is 1.64 bits per heavy atom. The molecule has 0 aliphatic rings. The summed E-state index contributed by atoms with van der Waals surface area (Å²) in [6.07, 6.45) is 1.79. The lowest BCUT2D eigenvalue weighted by molar-refractivity contribution is -0.203. The van der Waals surface area contributed by atoms with Crippen LogP contribution in [0.25, 0.3) is 0 Å². The minimum Gasteiger partial charge on any atom is -0.489 e. The van der Waals surface area contributed by atoms with Gasteiger partial charge in [0.25, 0.3) is 0 Å². The maximum Gasteiger partial charge on any atom is 0.323 e. The van der Waals surface area contributed by atoms with Gasteiger partial charge in [-0.1, -0.05) is 11.8 Å². The number of benzene rings is 3. The van der Waals surface area contributed by atoms with Gasteiger partial charge in [0.2, 0.25) is 0 Å². The minimum atomic E-state index is -4.24. The molecule has 8 nitrogen and oxygen atoms in total. The predicted octanol–water partition coefficient (Wildman–Crippen LogP) is 4.41. The lowest BCUT2D eigenvalue weighted by Crippen LogP contribution is -2.53. The van der Waals surface area contributed by atoms with Gasteiger partial charge in [-0.05, 0) is 72.3 Å². The summed E-state index contributed by atoms with van der Waals surface area (Å²) in [6, 6.07) is 16.2. The van der Waals surface area contributed by atoms with E-state index in [0.29, 0.717) is 34.0 Å². The topological polar surface area (TPSA) is 134 Å². The molecule has 13 heteroatoms. The van der Waals surface area contributed by atoms with E-state index in [1.807, 2.05) is 6.07 Å². The van der Waals surface area contributed by atoms with Crippen LogP contribution in [0.4, 0.5) is 22.0 Å². The van der Waals surface area contributed by atoms with Gasteiger partial charge in [-0.25, -0.2) is 19.0 Å². The number of pyridine rings is 1. The van der Waals surface area contributed by atoms with Crippen molar-refractivity contribution < 1.29 is 31.8 Å². The number of hydrazine groups is 1. The molecule has 0 saturated heterocycles. The number of ether oxygens (including phenoxy) is 1. The van der Waals surface area contributed by atoms with Crippen LogP contribution in [0.5, 0.6) is 5.75 Å². The monoisotopic (exact) mass is 606 g/mol. The molecule has 1 unspecified atom stereocenters. The Labute approximate surface area is 248 Å². The second kappa shape index (κ2) is 13.2. The number of nitriles is 1. The Hall–Kier alpha value is -5.50. The summed E-state index contributed by atoms with van der Waals surface area (Å²) in [5.74, 6) is 9.44. The minimum absolute atomic E-state index is 0.0347. The van der Waals surface area contributed by atoms with Crippen LogP contribution in [0, 0.1) is 40.6 Å². The average molecular weight is 607 g/mol. The lowest BCUT2D eigenvalue weighted by Gasteiger charge is -2.37. The quantitative estimate of drug-likeness (QED) is 0.0642. The van der Waals surface area contributed by atoms with E-state index >= 15 is 8.78 Å². The van der Waals surface area contributed by atoms with Crippen LogP contribution < -0.4 is 16.4 Å². The van der Waals surface area contributed by atoms with Crippen molar-refractivity contribution in [2.45, 2.75) is 18.1 Å². The van der Waals surface area contributed by atoms with Gasteiger partial charge in [0.1, 0.15) is 41.8 Å². The number of halogens is 5. The van der Waals surface area contributed by atoms with Gasteiger partial charge in [-0.2, -0.15) is 19.1 Å². The van der Waals surface area contributed by atoms with Gasteiger partial charge in [0.05, 0.1) is 18.2 Å². The molecule has 0 radical (unpaired) electrons. The third kappa shape index (κ3) is 7.10. The summed E-state index contributed by atoms with van der Waals surface area (Å²) in [7, 11) is 0. The van der Waals surface area contributed by atoms with Crippen LogP contribution in [0.15, 0.2) is 84.1 Å². The van der Waals surface area contributed by atoms with E-state index < -0.39 is 46.8 Å². The van der Waals surface area contributed by atoms with Crippen molar-refractivity contribution >= 4 is 6.34 Å². The zero-order valence-corrected chi connectivity index (χ0v) is 22.7. The Kier molecular flexibility index (Phi) is 9.44. The van der Waals surface area contributed by atoms with Gasteiger partial charge in [0.15, 0.2) is 5.60 Å². The number of rotatable bonds is 9. The maximum atomic E-state index is 15.8. The van der Waals surface area contributed by atoms with Crippen LogP contribution in [0.2, 0.25) is 0 Å². The summed E-state index contributed by atoms with van der Waals surface area (Å²) in [5, 5.41) is 23.8. The first-order valence-corrected chi connectivity index (χ1v) is 12.7. The number of aliphatic hydroxyl groups is 1. The first kappa shape index (κ1) is 31.4. The van der Waals surface area contributed by atoms with Crippen molar-refractivity contribution in [3.63, 3.8) is 0 Å².